The van der Waals surface area contributed by atoms with Crippen LogP contribution >= 0.6 is 31.9 Å². The van der Waals surface area contributed by atoms with Gasteiger partial charge in [0.25, 0.3) is 0 Å². The molecule has 0 heterocycles. The number of alkyl halides is 2. The Morgan fingerprint density at radius 1 is 1.05 bits per heavy atom. The molecule has 0 saturated heterocycles. The van der Waals surface area contributed by atoms with Crippen molar-refractivity contribution in [3.63, 3.8) is 0 Å². The van der Waals surface area contributed by atoms with Crippen LogP contribution in [0.3, 0.4) is 0 Å². The minimum atomic E-state index is -0.457. The van der Waals surface area contributed by atoms with Crippen LogP contribution < -0.4 is 0 Å². The molecule has 2 aromatic rings. The van der Waals surface area contributed by atoms with Crippen molar-refractivity contribution in [3.8, 4) is 0 Å². The lowest BCUT2D eigenvalue weighted by atomic mass is 9.99. The molecule has 0 N–H and O–H groups in total. The summed E-state index contributed by atoms with van der Waals surface area (Å²) in [6.07, 6.45) is 0. The number of halogens is 3. The van der Waals surface area contributed by atoms with Crippen LogP contribution in [-0.4, -0.2) is 10.6 Å². The second-order valence-electron chi connectivity index (χ2n) is 5.02. The molecule has 2 aromatic carbocycles. The Labute approximate surface area is 140 Å². The van der Waals surface area contributed by atoms with Crippen molar-refractivity contribution in [1.82, 2.24) is 0 Å². The van der Waals surface area contributed by atoms with E-state index in [4.69, 9.17) is 0 Å². The Bertz CT molecular complexity index is 670. The maximum Gasteiger partial charge on any atom is 0.177 e. The molecule has 0 aliphatic carbocycles. The summed E-state index contributed by atoms with van der Waals surface area (Å²) in [5.41, 5.74) is 3.62. The van der Waals surface area contributed by atoms with Crippen LogP contribution in [0.25, 0.3) is 0 Å². The molecule has 0 saturated carbocycles. The van der Waals surface area contributed by atoms with Gasteiger partial charge in [0.05, 0.1) is 9.65 Å². The molecule has 0 aromatic heterocycles. The van der Waals surface area contributed by atoms with Crippen molar-refractivity contribution in [2.45, 2.75) is 23.5 Å². The van der Waals surface area contributed by atoms with Crippen LogP contribution in [0, 0.1) is 19.7 Å². The first kappa shape index (κ1) is 16.4. The Balaban J connectivity index is 2.24. The molecule has 0 amide bonds. The molecular formula is C17H15Br2FO. The lowest BCUT2D eigenvalue weighted by Gasteiger charge is -2.17. The van der Waals surface area contributed by atoms with Crippen LogP contribution in [0.4, 0.5) is 4.39 Å². The van der Waals surface area contributed by atoms with Gasteiger partial charge in [-0.3, -0.25) is 4.79 Å². The minimum Gasteiger partial charge on any atom is -0.293 e. The predicted molar refractivity (Wildman–Crippen MR) is 91.0 cm³/mol. The molecular weight excluding hydrogens is 399 g/mol. The monoisotopic (exact) mass is 412 g/mol. The SMILES string of the molecule is Cc1ccc(C(=O)C(Br)C(Br)c2cccc(F)c2)cc1C. The van der Waals surface area contributed by atoms with E-state index >= 15 is 0 Å². The zero-order valence-corrected chi connectivity index (χ0v) is 14.9. The number of carbonyl (C=O) groups excluding carboxylic acids is 1. The van der Waals surface area contributed by atoms with E-state index in [1.807, 2.05) is 32.0 Å². The molecule has 1 nitrogen and oxygen atoms in total. The highest BCUT2D eigenvalue weighted by Gasteiger charge is 2.26. The molecule has 2 atom stereocenters. The lowest BCUT2D eigenvalue weighted by molar-refractivity contribution is 0.0991. The van der Waals surface area contributed by atoms with Gasteiger partial charge in [0.15, 0.2) is 5.78 Å². The molecule has 2 unspecified atom stereocenters. The van der Waals surface area contributed by atoms with Gasteiger partial charge in [0, 0.05) is 5.56 Å². The first-order valence-corrected chi connectivity index (χ1v) is 8.38. The third-order valence-corrected chi connectivity index (χ3v) is 6.18. The molecule has 0 bridgehead atoms. The van der Waals surface area contributed by atoms with Crippen LogP contribution in [0.5, 0.6) is 0 Å². The lowest BCUT2D eigenvalue weighted by Crippen LogP contribution is -2.19. The van der Waals surface area contributed by atoms with Crippen molar-refractivity contribution in [3.05, 3.63) is 70.5 Å². The van der Waals surface area contributed by atoms with E-state index in [0.717, 1.165) is 16.7 Å². The summed E-state index contributed by atoms with van der Waals surface area (Å²) in [5.74, 6) is -0.334. The van der Waals surface area contributed by atoms with Gasteiger partial charge in [-0.15, -0.1) is 0 Å². The number of hydrogen-bond acceptors (Lipinski definition) is 1. The Morgan fingerprint density at radius 3 is 2.38 bits per heavy atom. The van der Waals surface area contributed by atoms with Gasteiger partial charge in [0.2, 0.25) is 0 Å². The quantitative estimate of drug-likeness (QED) is 0.476. The molecule has 0 fully saturated rings. The van der Waals surface area contributed by atoms with Crippen molar-refractivity contribution >= 4 is 37.6 Å². The minimum absolute atomic E-state index is 0.0239. The topological polar surface area (TPSA) is 17.1 Å². The Kier molecular flexibility index (Phi) is 5.33. The van der Waals surface area contributed by atoms with E-state index in [1.54, 1.807) is 12.1 Å². The number of benzene rings is 2. The highest BCUT2D eigenvalue weighted by atomic mass is 79.9. The molecule has 0 aliphatic heterocycles. The van der Waals surface area contributed by atoms with Gasteiger partial charge < -0.3 is 0 Å². The first-order valence-electron chi connectivity index (χ1n) is 6.55. The number of Topliss-reactive ketones (excluding diaryl/α,β-unsaturated/α-hetero) is 1. The summed E-state index contributed by atoms with van der Waals surface area (Å²) >= 11 is 6.91. The van der Waals surface area contributed by atoms with E-state index in [-0.39, 0.29) is 16.4 Å². The third kappa shape index (κ3) is 3.80. The van der Waals surface area contributed by atoms with Crippen LogP contribution in [0.15, 0.2) is 42.5 Å². The van der Waals surface area contributed by atoms with Crippen LogP contribution in [-0.2, 0) is 0 Å². The van der Waals surface area contributed by atoms with E-state index in [9.17, 15) is 9.18 Å². The van der Waals surface area contributed by atoms with Gasteiger partial charge in [-0.2, -0.15) is 0 Å². The number of carbonyl (C=O) groups is 1. The molecule has 21 heavy (non-hydrogen) atoms. The Hall–Kier alpha value is -1.00. The molecule has 4 heteroatoms. The van der Waals surface area contributed by atoms with Crippen LogP contribution in [0.1, 0.15) is 31.9 Å². The second-order valence-corrected chi connectivity index (χ2v) is 6.99. The number of aryl methyl sites for hydroxylation is 2. The van der Waals surface area contributed by atoms with Gasteiger partial charge in [0.1, 0.15) is 5.82 Å². The van der Waals surface area contributed by atoms with Crippen molar-refractivity contribution in [2.75, 3.05) is 0 Å². The number of rotatable bonds is 4. The zero-order chi connectivity index (χ0) is 15.6. The summed E-state index contributed by atoms with van der Waals surface area (Å²) < 4.78 is 13.3. The third-order valence-electron chi connectivity index (χ3n) is 3.47. The summed E-state index contributed by atoms with van der Waals surface area (Å²) in [5, 5.41) is 0. The van der Waals surface area contributed by atoms with Crippen molar-refractivity contribution in [2.24, 2.45) is 0 Å². The average Bonchev–Trinajstić information content (AvgIpc) is 2.47. The fraction of sp³-hybridized carbons (Fsp3) is 0.235. The highest BCUT2D eigenvalue weighted by Crippen LogP contribution is 2.33. The molecule has 0 radical (unpaired) electrons. The molecule has 0 spiro atoms. The fourth-order valence-corrected chi connectivity index (χ4v) is 3.13. The summed E-state index contributed by atoms with van der Waals surface area (Å²) in [7, 11) is 0. The first-order chi connectivity index (χ1) is 9.90. The number of ketones is 1. The zero-order valence-electron chi connectivity index (χ0n) is 11.7. The maximum atomic E-state index is 13.3. The average molecular weight is 414 g/mol. The van der Waals surface area contributed by atoms with Gasteiger partial charge in [-0.25, -0.2) is 4.39 Å². The standard InChI is InChI=1S/C17H15Br2FO/c1-10-6-7-13(8-11(10)2)17(21)16(19)15(18)12-4-3-5-14(20)9-12/h3-9,15-16H,1-2H3. The second kappa shape index (κ2) is 6.84. The van der Waals surface area contributed by atoms with E-state index in [0.29, 0.717) is 5.56 Å². The summed E-state index contributed by atoms with van der Waals surface area (Å²) in [6.45, 7) is 3.99. The molecule has 110 valence electrons. The molecule has 2 rings (SSSR count). The Morgan fingerprint density at radius 2 is 1.76 bits per heavy atom. The fourth-order valence-electron chi connectivity index (χ4n) is 2.03. The van der Waals surface area contributed by atoms with E-state index in [2.05, 4.69) is 31.9 Å². The van der Waals surface area contributed by atoms with E-state index in [1.165, 1.54) is 12.1 Å². The van der Waals surface area contributed by atoms with Gasteiger partial charge >= 0.3 is 0 Å². The van der Waals surface area contributed by atoms with Gasteiger partial charge in [-0.05, 0) is 48.7 Å². The smallest absolute Gasteiger partial charge is 0.177 e. The predicted octanol–water partition coefficient (Wildman–Crippen LogP) is 5.52. The maximum absolute atomic E-state index is 13.3. The van der Waals surface area contributed by atoms with Crippen molar-refractivity contribution in [1.29, 1.82) is 0 Å². The highest BCUT2D eigenvalue weighted by molar-refractivity contribution is 9.12. The van der Waals surface area contributed by atoms with Crippen molar-refractivity contribution < 1.29 is 9.18 Å². The summed E-state index contributed by atoms with van der Waals surface area (Å²) in [6, 6.07) is 11.9. The van der Waals surface area contributed by atoms with Crippen LogP contribution in [0.2, 0.25) is 0 Å². The summed E-state index contributed by atoms with van der Waals surface area (Å²) in [4.78, 5) is 11.8. The normalized spacial score (nSPS) is 13.8. The van der Waals surface area contributed by atoms with E-state index < -0.39 is 4.83 Å². The number of hydrogen-bond donors (Lipinski definition) is 0. The van der Waals surface area contributed by atoms with Gasteiger partial charge in [-0.1, -0.05) is 56.1 Å². The largest absolute Gasteiger partial charge is 0.293 e. The molecule has 0 aliphatic rings.